The van der Waals surface area contributed by atoms with Crippen molar-refractivity contribution >= 4 is 0 Å². The van der Waals surface area contributed by atoms with Gasteiger partial charge in [0, 0.05) is 11.6 Å². The van der Waals surface area contributed by atoms with Crippen molar-refractivity contribution in [3.8, 4) is 11.1 Å². The molecule has 0 aliphatic rings. The molecule has 0 heterocycles. The Labute approximate surface area is 107 Å². The quantitative estimate of drug-likeness (QED) is 0.843. The van der Waals surface area contributed by atoms with Crippen LogP contribution in [0.3, 0.4) is 0 Å². The summed E-state index contributed by atoms with van der Waals surface area (Å²) >= 11 is 0. The summed E-state index contributed by atoms with van der Waals surface area (Å²) in [6.45, 7) is 5.94. The summed E-state index contributed by atoms with van der Waals surface area (Å²) in [6.07, 6.45) is 0. The predicted octanol–water partition coefficient (Wildman–Crippen LogP) is 4.13. The summed E-state index contributed by atoms with van der Waals surface area (Å²) in [5.74, 6) is -0.202. The number of halogens is 1. The van der Waals surface area contributed by atoms with E-state index < -0.39 is 0 Å². The smallest absolute Gasteiger partial charge is 0.131 e. The summed E-state index contributed by atoms with van der Waals surface area (Å²) in [7, 11) is 0. The maximum Gasteiger partial charge on any atom is 0.131 e. The van der Waals surface area contributed by atoms with Crippen LogP contribution in [0.4, 0.5) is 4.39 Å². The van der Waals surface area contributed by atoms with Crippen molar-refractivity contribution in [3.63, 3.8) is 0 Å². The maximum atomic E-state index is 14.0. The highest BCUT2D eigenvalue weighted by atomic mass is 19.1. The molecule has 0 aliphatic heterocycles. The first kappa shape index (κ1) is 12.8. The Morgan fingerprint density at radius 3 is 2.33 bits per heavy atom. The number of hydrogen-bond donors (Lipinski definition) is 1. The number of hydrogen-bond acceptors (Lipinski definition) is 1. The highest BCUT2D eigenvalue weighted by molar-refractivity contribution is 5.69. The monoisotopic (exact) mass is 243 g/mol. The Morgan fingerprint density at radius 1 is 1.00 bits per heavy atom. The molecular formula is C16H18FN. The fourth-order valence-electron chi connectivity index (χ4n) is 2.15. The zero-order valence-corrected chi connectivity index (χ0v) is 11.0. The van der Waals surface area contributed by atoms with E-state index in [-0.39, 0.29) is 11.9 Å². The Balaban J connectivity index is 2.59. The number of aryl methyl sites for hydroxylation is 2. The molecule has 2 aromatic carbocycles. The molecule has 1 atom stereocenters. The van der Waals surface area contributed by atoms with Gasteiger partial charge in [0.05, 0.1) is 0 Å². The predicted molar refractivity (Wildman–Crippen MR) is 73.9 cm³/mol. The van der Waals surface area contributed by atoms with Crippen LogP contribution in [0.5, 0.6) is 0 Å². The van der Waals surface area contributed by atoms with E-state index in [0.29, 0.717) is 5.56 Å². The Morgan fingerprint density at radius 2 is 1.72 bits per heavy atom. The van der Waals surface area contributed by atoms with Gasteiger partial charge < -0.3 is 5.73 Å². The van der Waals surface area contributed by atoms with Crippen LogP contribution in [0.1, 0.15) is 29.7 Å². The third-order valence-corrected chi connectivity index (χ3v) is 3.19. The van der Waals surface area contributed by atoms with E-state index in [2.05, 4.69) is 6.07 Å². The molecule has 2 aromatic rings. The third kappa shape index (κ3) is 2.44. The van der Waals surface area contributed by atoms with Gasteiger partial charge in [0.25, 0.3) is 0 Å². The topological polar surface area (TPSA) is 26.0 Å². The van der Waals surface area contributed by atoms with Crippen molar-refractivity contribution in [3.05, 3.63) is 58.9 Å². The minimum atomic E-state index is -0.202. The Hall–Kier alpha value is -1.67. The number of nitrogens with two attached hydrogens (primary N) is 1. The molecule has 0 amide bonds. The lowest BCUT2D eigenvalue weighted by atomic mass is 9.95. The molecule has 0 saturated heterocycles. The van der Waals surface area contributed by atoms with Crippen molar-refractivity contribution < 1.29 is 4.39 Å². The van der Waals surface area contributed by atoms with Gasteiger partial charge in [0.2, 0.25) is 0 Å². The van der Waals surface area contributed by atoms with E-state index in [1.54, 1.807) is 6.07 Å². The van der Waals surface area contributed by atoms with Crippen LogP contribution in [0.25, 0.3) is 11.1 Å². The lowest BCUT2D eigenvalue weighted by Crippen LogP contribution is -2.05. The van der Waals surface area contributed by atoms with Crippen molar-refractivity contribution in [2.24, 2.45) is 5.73 Å². The Bertz CT molecular complexity index is 573. The molecule has 18 heavy (non-hydrogen) atoms. The van der Waals surface area contributed by atoms with Crippen LogP contribution < -0.4 is 5.73 Å². The van der Waals surface area contributed by atoms with Crippen LogP contribution >= 0.6 is 0 Å². The van der Waals surface area contributed by atoms with Crippen molar-refractivity contribution in [1.82, 2.24) is 0 Å². The maximum absolute atomic E-state index is 14.0. The lowest BCUT2D eigenvalue weighted by Gasteiger charge is -2.12. The molecule has 1 nitrogen and oxygen atoms in total. The molecular weight excluding hydrogens is 225 g/mol. The SMILES string of the molecule is Cc1ccc(-c2cc(C(C)N)ccc2F)c(C)c1. The Kier molecular flexibility index (Phi) is 3.48. The van der Waals surface area contributed by atoms with Gasteiger partial charge in [-0.25, -0.2) is 4.39 Å². The fraction of sp³-hybridized carbons (Fsp3) is 0.250. The van der Waals surface area contributed by atoms with Crippen LogP contribution in [-0.2, 0) is 0 Å². The van der Waals surface area contributed by atoms with Crippen LogP contribution in [0, 0.1) is 19.7 Å². The van der Waals surface area contributed by atoms with Crippen molar-refractivity contribution in [2.75, 3.05) is 0 Å². The minimum absolute atomic E-state index is 0.0879. The van der Waals surface area contributed by atoms with Gasteiger partial charge in [-0.1, -0.05) is 29.8 Å². The van der Waals surface area contributed by atoms with E-state index in [0.717, 1.165) is 16.7 Å². The molecule has 1 unspecified atom stereocenters. The van der Waals surface area contributed by atoms with Gasteiger partial charge in [0.1, 0.15) is 5.82 Å². The molecule has 0 aliphatic carbocycles. The van der Waals surface area contributed by atoms with Gasteiger partial charge in [0.15, 0.2) is 0 Å². The molecule has 0 fully saturated rings. The van der Waals surface area contributed by atoms with Crippen LogP contribution in [0.15, 0.2) is 36.4 Å². The summed E-state index contributed by atoms with van der Waals surface area (Å²) in [6, 6.07) is 11.0. The molecule has 2 rings (SSSR count). The van der Waals surface area contributed by atoms with E-state index in [9.17, 15) is 4.39 Å². The van der Waals surface area contributed by atoms with Crippen molar-refractivity contribution in [2.45, 2.75) is 26.8 Å². The first-order chi connectivity index (χ1) is 8.49. The van der Waals surface area contributed by atoms with E-state index in [1.807, 2.05) is 39.0 Å². The molecule has 0 saturated carbocycles. The van der Waals surface area contributed by atoms with Gasteiger partial charge >= 0.3 is 0 Å². The summed E-state index contributed by atoms with van der Waals surface area (Å²) in [4.78, 5) is 0. The lowest BCUT2D eigenvalue weighted by molar-refractivity contribution is 0.629. The normalized spacial score (nSPS) is 12.5. The average molecular weight is 243 g/mol. The number of benzene rings is 2. The largest absolute Gasteiger partial charge is 0.324 e. The van der Waals surface area contributed by atoms with E-state index >= 15 is 0 Å². The molecule has 0 aromatic heterocycles. The first-order valence-electron chi connectivity index (χ1n) is 6.11. The molecule has 2 heteroatoms. The fourth-order valence-corrected chi connectivity index (χ4v) is 2.15. The zero-order chi connectivity index (χ0) is 13.3. The zero-order valence-electron chi connectivity index (χ0n) is 11.0. The van der Waals surface area contributed by atoms with E-state index in [4.69, 9.17) is 5.73 Å². The van der Waals surface area contributed by atoms with Crippen LogP contribution in [0.2, 0.25) is 0 Å². The highest BCUT2D eigenvalue weighted by Gasteiger charge is 2.10. The highest BCUT2D eigenvalue weighted by Crippen LogP contribution is 2.29. The minimum Gasteiger partial charge on any atom is -0.324 e. The standard InChI is InChI=1S/C16H18FN/c1-10-4-6-14(11(2)8-10)15-9-13(12(3)18)5-7-16(15)17/h4-9,12H,18H2,1-3H3. The van der Waals surface area contributed by atoms with E-state index in [1.165, 1.54) is 11.6 Å². The average Bonchev–Trinajstić information content (AvgIpc) is 2.30. The third-order valence-electron chi connectivity index (χ3n) is 3.19. The first-order valence-corrected chi connectivity index (χ1v) is 6.11. The summed E-state index contributed by atoms with van der Waals surface area (Å²) < 4.78 is 14.0. The molecule has 94 valence electrons. The molecule has 0 radical (unpaired) electrons. The second-order valence-electron chi connectivity index (χ2n) is 4.85. The number of rotatable bonds is 2. The van der Waals surface area contributed by atoms with Crippen molar-refractivity contribution in [1.29, 1.82) is 0 Å². The molecule has 0 bridgehead atoms. The summed E-state index contributed by atoms with van der Waals surface area (Å²) in [5.41, 5.74) is 10.6. The second-order valence-corrected chi connectivity index (χ2v) is 4.85. The van der Waals surface area contributed by atoms with Gasteiger partial charge in [-0.15, -0.1) is 0 Å². The van der Waals surface area contributed by atoms with Gasteiger partial charge in [-0.2, -0.15) is 0 Å². The van der Waals surface area contributed by atoms with Gasteiger partial charge in [-0.3, -0.25) is 0 Å². The second kappa shape index (κ2) is 4.91. The molecule has 0 spiro atoms. The van der Waals surface area contributed by atoms with Crippen LogP contribution in [-0.4, -0.2) is 0 Å². The summed E-state index contributed by atoms with van der Waals surface area (Å²) in [5, 5.41) is 0. The molecule has 2 N–H and O–H groups in total. The van der Waals surface area contributed by atoms with Gasteiger partial charge in [-0.05, 0) is 49.6 Å².